The molecule has 0 aliphatic carbocycles. The van der Waals surface area contributed by atoms with Crippen LogP contribution < -0.4 is 5.73 Å². The van der Waals surface area contributed by atoms with Crippen LogP contribution in [-0.4, -0.2) is 35.6 Å². The molecule has 0 saturated carbocycles. The summed E-state index contributed by atoms with van der Waals surface area (Å²) in [5, 5.41) is 11.9. The number of unbranched alkanes of at least 4 members (excludes halogenated alkanes) is 1. The van der Waals surface area contributed by atoms with Crippen LogP contribution in [0.1, 0.15) is 59.8 Å². The van der Waals surface area contributed by atoms with Crippen molar-refractivity contribution in [1.29, 1.82) is 0 Å². The van der Waals surface area contributed by atoms with E-state index < -0.39 is 0 Å². The summed E-state index contributed by atoms with van der Waals surface area (Å²) in [5.74, 6) is 0.340. The lowest BCUT2D eigenvalue weighted by Crippen LogP contribution is -2.38. The third kappa shape index (κ3) is 5.39. The fourth-order valence-electron chi connectivity index (χ4n) is 2.55. The minimum absolute atomic E-state index is 0.196. The van der Waals surface area contributed by atoms with Crippen molar-refractivity contribution in [2.75, 3.05) is 19.6 Å². The molecule has 1 saturated heterocycles. The van der Waals surface area contributed by atoms with E-state index in [4.69, 9.17) is 10.9 Å². The fourth-order valence-corrected chi connectivity index (χ4v) is 2.55. The number of hydrogen-bond acceptors (Lipinski definition) is 3. The Bertz CT molecular complexity index is 301. The largest absolute Gasteiger partial charge is 0.409 e. The summed E-state index contributed by atoms with van der Waals surface area (Å²) in [4.78, 5) is 2.57. The Morgan fingerprint density at radius 2 is 1.84 bits per heavy atom. The summed E-state index contributed by atoms with van der Waals surface area (Å²) in [6.07, 6.45) is 5.92. The van der Waals surface area contributed by atoms with E-state index in [-0.39, 0.29) is 5.41 Å². The highest BCUT2D eigenvalue weighted by molar-refractivity contribution is 5.85. The number of oxime groups is 1. The highest BCUT2D eigenvalue weighted by Crippen LogP contribution is 2.30. The molecule has 0 aromatic carbocycles. The van der Waals surface area contributed by atoms with Gasteiger partial charge in [-0.1, -0.05) is 39.3 Å². The first-order valence-electron chi connectivity index (χ1n) is 7.47. The highest BCUT2D eigenvalue weighted by Gasteiger charge is 2.25. The lowest BCUT2D eigenvalue weighted by atomic mass is 9.82. The first kappa shape index (κ1) is 16.3. The van der Waals surface area contributed by atoms with Gasteiger partial charge in [0.05, 0.1) is 0 Å². The first-order valence-corrected chi connectivity index (χ1v) is 7.47. The van der Waals surface area contributed by atoms with Crippen molar-refractivity contribution in [3.63, 3.8) is 0 Å². The molecule has 19 heavy (non-hydrogen) atoms. The smallest absolute Gasteiger partial charge is 0.144 e. The molecular weight excluding hydrogens is 238 g/mol. The van der Waals surface area contributed by atoms with Gasteiger partial charge in [0.15, 0.2) is 0 Å². The molecule has 0 aromatic rings. The molecule has 0 amide bonds. The van der Waals surface area contributed by atoms with Gasteiger partial charge in [0.25, 0.3) is 0 Å². The van der Waals surface area contributed by atoms with Crippen molar-refractivity contribution in [2.24, 2.45) is 21.7 Å². The van der Waals surface area contributed by atoms with Crippen molar-refractivity contribution in [1.82, 2.24) is 4.90 Å². The molecule has 1 heterocycles. The average Bonchev–Trinajstić information content (AvgIpc) is 2.35. The van der Waals surface area contributed by atoms with Crippen LogP contribution in [0.25, 0.3) is 0 Å². The van der Waals surface area contributed by atoms with Gasteiger partial charge >= 0.3 is 0 Å². The number of likely N-dealkylation sites (tertiary alicyclic amines) is 1. The molecule has 3 N–H and O–H groups in total. The third-order valence-corrected chi connectivity index (χ3v) is 4.54. The molecule has 0 atom stereocenters. The molecule has 4 nitrogen and oxygen atoms in total. The van der Waals surface area contributed by atoms with Crippen LogP contribution in [0.3, 0.4) is 0 Å². The molecule has 0 spiro atoms. The van der Waals surface area contributed by atoms with E-state index in [0.717, 1.165) is 12.8 Å². The van der Waals surface area contributed by atoms with Crippen LogP contribution in [0.4, 0.5) is 0 Å². The molecule has 0 unspecified atom stereocenters. The van der Waals surface area contributed by atoms with E-state index in [2.05, 4.69) is 23.9 Å². The van der Waals surface area contributed by atoms with E-state index >= 15 is 0 Å². The van der Waals surface area contributed by atoms with Crippen LogP contribution >= 0.6 is 0 Å². The van der Waals surface area contributed by atoms with Crippen molar-refractivity contribution in [3.8, 4) is 0 Å². The molecule has 0 bridgehead atoms. The van der Waals surface area contributed by atoms with Crippen molar-refractivity contribution in [2.45, 2.75) is 59.8 Å². The quantitative estimate of drug-likeness (QED) is 0.256. The van der Waals surface area contributed by atoms with Crippen LogP contribution in [0.2, 0.25) is 0 Å². The topological polar surface area (TPSA) is 61.8 Å². The van der Waals surface area contributed by atoms with E-state index in [9.17, 15) is 0 Å². The number of rotatable bonds is 6. The summed E-state index contributed by atoms with van der Waals surface area (Å²) in [6.45, 7) is 12.4. The maximum absolute atomic E-state index is 8.73. The molecule has 0 aromatic heterocycles. The Morgan fingerprint density at radius 3 is 2.37 bits per heavy atom. The summed E-state index contributed by atoms with van der Waals surface area (Å²) in [5.41, 5.74) is 6.03. The molecular formula is C15H31N3O. The zero-order chi connectivity index (χ0) is 14.5. The zero-order valence-electron chi connectivity index (χ0n) is 13.1. The van der Waals surface area contributed by atoms with Gasteiger partial charge in [-0.2, -0.15) is 0 Å². The maximum atomic E-state index is 8.73. The Morgan fingerprint density at radius 1 is 1.26 bits per heavy atom. The first-order chi connectivity index (χ1) is 8.77. The van der Waals surface area contributed by atoms with Crippen molar-refractivity contribution >= 4 is 5.84 Å². The van der Waals surface area contributed by atoms with Gasteiger partial charge in [-0.3, -0.25) is 0 Å². The monoisotopic (exact) mass is 269 g/mol. The molecule has 112 valence electrons. The summed E-state index contributed by atoms with van der Waals surface area (Å²) in [7, 11) is 0. The number of hydrogen-bond donors (Lipinski definition) is 2. The van der Waals surface area contributed by atoms with Crippen molar-refractivity contribution in [3.05, 3.63) is 0 Å². The summed E-state index contributed by atoms with van der Waals surface area (Å²) in [6, 6.07) is 0. The van der Waals surface area contributed by atoms with Gasteiger partial charge in [-0.25, -0.2) is 0 Å². The number of piperidine rings is 1. The SMILES string of the molecule is CC1(C)CCN(CCCCC(C)(C)C(N)=NO)CC1. The van der Waals surface area contributed by atoms with Gasteiger partial charge in [0.2, 0.25) is 0 Å². The van der Waals surface area contributed by atoms with Gasteiger partial charge in [-0.15, -0.1) is 0 Å². The second-order valence-electron chi connectivity index (χ2n) is 7.33. The minimum atomic E-state index is -0.196. The Hall–Kier alpha value is -0.770. The predicted octanol–water partition coefficient (Wildman–Crippen LogP) is 3.05. The highest BCUT2D eigenvalue weighted by atomic mass is 16.4. The van der Waals surface area contributed by atoms with Crippen LogP contribution in [0, 0.1) is 10.8 Å². The van der Waals surface area contributed by atoms with E-state index in [1.165, 1.54) is 38.9 Å². The molecule has 1 aliphatic rings. The summed E-state index contributed by atoms with van der Waals surface area (Å²) >= 11 is 0. The molecule has 0 radical (unpaired) electrons. The van der Waals surface area contributed by atoms with Gasteiger partial charge in [-0.05, 0) is 50.7 Å². The lowest BCUT2D eigenvalue weighted by Gasteiger charge is -2.37. The Balaban J connectivity index is 2.18. The van der Waals surface area contributed by atoms with Crippen molar-refractivity contribution < 1.29 is 5.21 Å². The standard InChI is InChI=1S/C15H31N3O/c1-14(2)8-11-18(12-9-14)10-6-5-7-15(3,4)13(16)17-19/h19H,5-12H2,1-4H3,(H2,16,17). The van der Waals surface area contributed by atoms with Gasteiger partial charge < -0.3 is 15.8 Å². The average molecular weight is 269 g/mol. The Kier molecular flexibility index (Phi) is 5.65. The number of nitrogens with zero attached hydrogens (tertiary/aromatic N) is 2. The second-order valence-corrected chi connectivity index (χ2v) is 7.33. The van der Waals surface area contributed by atoms with Crippen LogP contribution in [0.15, 0.2) is 5.16 Å². The zero-order valence-corrected chi connectivity index (χ0v) is 13.1. The van der Waals surface area contributed by atoms with E-state index in [0.29, 0.717) is 11.3 Å². The van der Waals surface area contributed by atoms with Gasteiger partial charge in [0, 0.05) is 5.41 Å². The summed E-state index contributed by atoms with van der Waals surface area (Å²) < 4.78 is 0. The van der Waals surface area contributed by atoms with Gasteiger partial charge in [0.1, 0.15) is 5.84 Å². The van der Waals surface area contributed by atoms with E-state index in [1.807, 2.05) is 13.8 Å². The Labute approximate surface area is 118 Å². The number of nitrogens with two attached hydrogens (primary N) is 1. The normalized spacial score (nSPS) is 21.6. The molecule has 1 aliphatic heterocycles. The fraction of sp³-hybridized carbons (Fsp3) is 0.933. The molecule has 1 rings (SSSR count). The molecule has 4 heteroatoms. The second kappa shape index (κ2) is 6.60. The molecule has 1 fully saturated rings. The maximum Gasteiger partial charge on any atom is 0.144 e. The minimum Gasteiger partial charge on any atom is -0.409 e. The van der Waals surface area contributed by atoms with Crippen LogP contribution in [0.5, 0.6) is 0 Å². The number of amidine groups is 1. The van der Waals surface area contributed by atoms with Crippen LogP contribution in [-0.2, 0) is 0 Å². The predicted molar refractivity (Wildman–Crippen MR) is 80.5 cm³/mol. The lowest BCUT2D eigenvalue weighted by molar-refractivity contribution is 0.130. The van der Waals surface area contributed by atoms with E-state index in [1.54, 1.807) is 0 Å². The third-order valence-electron chi connectivity index (χ3n) is 4.54.